The molecule has 2 heterocycles. The van der Waals surface area contributed by atoms with Gasteiger partial charge < -0.3 is 15.0 Å². The Hall–Kier alpha value is -0.940. The molecule has 0 amide bonds. The number of nitrogens with two attached hydrogens (primary N) is 1. The zero-order chi connectivity index (χ0) is 12.6. The largest absolute Gasteiger partial charge is 0.379 e. The summed E-state index contributed by atoms with van der Waals surface area (Å²) in [6.07, 6.45) is 5.59. The Bertz CT molecular complexity index is 404. The molecule has 1 unspecified atom stereocenters. The average Bonchev–Trinajstić information content (AvgIpc) is 2.99. The lowest BCUT2D eigenvalue weighted by atomic mass is 9.83. The van der Waals surface area contributed by atoms with E-state index in [-0.39, 0.29) is 0 Å². The van der Waals surface area contributed by atoms with Crippen molar-refractivity contribution in [3.63, 3.8) is 0 Å². The third kappa shape index (κ3) is 2.17. The maximum atomic E-state index is 6.22. The normalized spacial score (nSPS) is 37.0. The van der Waals surface area contributed by atoms with Gasteiger partial charge in [0, 0.05) is 12.5 Å². The standard InChI is InChI=1S/C13H21N3O2/c1-9-2-4-10(5-3-9)11-15-12(18-16-11)13(14)6-7-17-8-13/h9-10H,2-8,14H2,1H3. The van der Waals surface area contributed by atoms with Crippen LogP contribution in [0.5, 0.6) is 0 Å². The number of nitrogens with zero attached hydrogens (tertiary/aromatic N) is 2. The van der Waals surface area contributed by atoms with Crippen molar-refractivity contribution in [1.29, 1.82) is 0 Å². The quantitative estimate of drug-likeness (QED) is 0.869. The molecular formula is C13H21N3O2. The molecule has 2 fully saturated rings. The maximum Gasteiger partial charge on any atom is 0.249 e. The van der Waals surface area contributed by atoms with E-state index in [1.165, 1.54) is 12.8 Å². The number of hydrogen-bond acceptors (Lipinski definition) is 5. The van der Waals surface area contributed by atoms with Crippen LogP contribution < -0.4 is 5.73 Å². The Morgan fingerprint density at radius 1 is 1.28 bits per heavy atom. The molecule has 100 valence electrons. The van der Waals surface area contributed by atoms with Crippen LogP contribution in [0.15, 0.2) is 4.52 Å². The van der Waals surface area contributed by atoms with Gasteiger partial charge in [0.15, 0.2) is 5.82 Å². The van der Waals surface area contributed by atoms with Gasteiger partial charge in [0.2, 0.25) is 5.89 Å². The maximum absolute atomic E-state index is 6.22. The average molecular weight is 251 g/mol. The molecule has 5 heteroatoms. The molecule has 1 aliphatic heterocycles. The Kier molecular flexibility index (Phi) is 3.11. The van der Waals surface area contributed by atoms with Crippen LogP contribution in [0.3, 0.4) is 0 Å². The van der Waals surface area contributed by atoms with Crippen molar-refractivity contribution in [3.8, 4) is 0 Å². The smallest absolute Gasteiger partial charge is 0.249 e. The van der Waals surface area contributed by atoms with Gasteiger partial charge in [0.05, 0.1) is 6.61 Å². The van der Waals surface area contributed by atoms with Crippen molar-refractivity contribution in [2.45, 2.75) is 50.5 Å². The summed E-state index contributed by atoms with van der Waals surface area (Å²) >= 11 is 0. The molecule has 3 rings (SSSR count). The Morgan fingerprint density at radius 2 is 2.06 bits per heavy atom. The van der Waals surface area contributed by atoms with E-state index in [0.717, 1.165) is 31.0 Å². The molecule has 1 saturated carbocycles. The lowest BCUT2D eigenvalue weighted by Gasteiger charge is -2.23. The van der Waals surface area contributed by atoms with Crippen LogP contribution in [0.4, 0.5) is 0 Å². The van der Waals surface area contributed by atoms with E-state index in [1.54, 1.807) is 0 Å². The second-order valence-corrected chi connectivity index (χ2v) is 5.87. The van der Waals surface area contributed by atoms with Gasteiger partial charge in [-0.15, -0.1) is 0 Å². The molecule has 18 heavy (non-hydrogen) atoms. The highest BCUT2D eigenvalue weighted by atomic mass is 16.5. The summed E-state index contributed by atoms with van der Waals surface area (Å²) in [6.45, 7) is 3.47. The topological polar surface area (TPSA) is 74.2 Å². The molecule has 0 spiro atoms. The molecule has 2 N–H and O–H groups in total. The SMILES string of the molecule is CC1CCC(c2noc(C3(N)CCOC3)n2)CC1. The predicted molar refractivity (Wildman–Crippen MR) is 66.0 cm³/mol. The molecule has 0 aromatic carbocycles. The van der Waals surface area contributed by atoms with E-state index in [0.29, 0.717) is 25.0 Å². The molecular weight excluding hydrogens is 230 g/mol. The van der Waals surface area contributed by atoms with Crippen LogP contribution in [-0.4, -0.2) is 23.4 Å². The zero-order valence-electron chi connectivity index (χ0n) is 10.9. The summed E-state index contributed by atoms with van der Waals surface area (Å²) in [6, 6.07) is 0. The third-order valence-corrected chi connectivity index (χ3v) is 4.30. The van der Waals surface area contributed by atoms with E-state index in [1.807, 2.05) is 0 Å². The summed E-state index contributed by atoms with van der Waals surface area (Å²) in [5.41, 5.74) is 5.66. The number of rotatable bonds is 2. The highest BCUT2D eigenvalue weighted by Gasteiger charge is 2.38. The monoisotopic (exact) mass is 251 g/mol. The van der Waals surface area contributed by atoms with Crippen molar-refractivity contribution in [3.05, 3.63) is 11.7 Å². The molecule has 1 aliphatic carbocycles. The fourth-order valence-corrected chi connectivity index (χ4v) is 2.87. The van der Waals surface area contributed by atoms with Crippen molar-refractivity contribution < 1.29 is 9.26 Å². The number of ether oxygens (including phenoxy) is 1. The van der Waals surface area contributed by atoms with Gasteiger partial charge >= 0.3 is 0 Å². The fourth-order valence-electron chi connectivity index (χ4n) is 2.87. The van der Waals surface area contributed by atoms with Gasteiger partial charge in [-0.05, 0) is 25.2 Å². The minimum atomic E-state index is -0.562. The first-order chi connectivity index (χ1) is 8.67. The summed E-state index contributed by atoms with van der Waals surface area (Å²) in [5, 5.41) is 4.13. The minimum absolute atomic E-state index is 0.449. The van der Waals surface area contributed by atoms with Crippen LogP contribution in [0.1, 0.15) is 56.7 Å². The highest BCUT2D eigenvalue weighted by molar-refractivity contribution is 5.07. The van der Waals surface area contributed by atoms with Crippen molar-refractivity contribution in [1.82, 2.24) is 10.1 Å². The zero-order valence-corrected chi connectivity index (χ0v) is 10.9. The third-order valence-electron chi connectivity index (χ3n) is 4.30. The first-order valence-electron chi connectivity index (χ1n) is 6.88. The van der Waals surface area contributed by atoms with Gasteiger partial charge in [-0.25, -0.2) is 0 Å². The molecule has 2 aliphatic rings. The summed E-state index contributed by atoms with van der Waals surface area (Å²) in [7, 11) is 0. The van der Waals surface area contributed by atoms with Crippen LogP contribution in [0, 0.1) is 5.92 Å². The van der Waals surface area contributed by atoms with Crippen molar-refractivity contribution in [2.24, 2.45) is 11.7 Å². The van der Waals surface area contributed by atoms with Crippen LogP contribution in [0.2, 0.25) is 0 Å². The number of aromatic nitrogens is 2. The molecule has 5 nitrogen and oxygen atoms in total. The van der Waals surface area contributed by atoms with Crippen molar-refractivity contribution >= 4 is 0 Å². The van der Waals surface area contributed by atoms with E-state index in [9.17, 15) is 0 Å². The van der Waals surface area contributed by atoms with Gasteiger partial charge in [0.1, 0.15) is 5.54 Å². The molecule has 1 atom stereocenters. The van der Waals surface area contributed by atoms with E-state index in [4.69, 9.17) is 15.0 Å². The van der Waals surface area contributed by atoms with Gasteiger partial charge in [-0.3, -0.25) is 0 Å². The van der Waals surface area contributed by atoms with E-state index >= 15 is 0 Å². The van der Waals surface area contributed by atoms with Crippen molar-refractivity contribution in [2.75, 3.05) is 13.2 Å². The molecule has 0 bridgehead atoms. The first-order valence-corrected chi connectivity index (χ1v) is 6.88. The Morgan fingerprint density at radius 3 is 2.72 bits per heavy atom. The Balaban J connectivity index is 1.73. The van der Waals surface area contributed by atoms with Crippen LogP contribution in [-0.2, 0) is 10.3 Å². The first kappa shape index (κ1) is 12.1. The van der Waals surface area contributed by atoms with E-state index < -0.39 is 5.54 Å². The number of hydrogen-bond donors (Lipinski definition) is 1. The molecule has 1 saturated heterocycles. The second kappa shape index (κ2) is 4.63. The summed E-state index contributed by atoms with van der Waals surface area (Å²) < 4.78 is 10.7. The minimum Gasteiger partial charge on any atom is -0.379 e. The van der Waals surface area contributed by atoms with Gasteiger partial charge in [-0.1, -0.05) is 24.9 Å². The summed E-state index contributed by atoms with van der Waals surface area (Å²) in [5.74, 6) is 2.67. The van der Waals surface area contributed by atoms with Crippen LogP contribution >= 0.6 is 0 Å². The lowest BCUT2D eigenvalue weighted by Crippen LogP contribution is -2.37. The molecule has 1 aromatic rings. The van der Waals surface area contributed by atoms with Gasteiger partial charge in [-0.2, -0.15) is 4.98 Å². The Labute approximate surface area is 107 Å². The second-order valence-electron chi connectivity index (χ2n) is 5.87. The molecule has 0 radical (unpaired) electrons. The summed E-state index contributed by atoms with van der Waals surface area (Å²) in [4.78, 5) is 4.53. The predicted octanol–water partition coefficient (Wildman–Crippen LogP) is 1.94. The fraction of sp³-hybridized carbons (Fsp3) is 0.846. The van der Waals surface area contributed by atoms with Gasteiger partial charge in [0.25, 0.3) is 0 Å². The van der Waals surface area contributed by atoms with Crippen LogP contribution in [0.25, 0.3) is 0 Å². The lowest BCUT2D eigenvalue weighted by molar-refractivity contribution is 0.166. The highest BCUT2D eigenvalue weighted by Crippen LogP contribution is 2.35. The molecule has 1 aromatic heterocycles. The van der Waals surface area contributed by atoms with E-state index in [2.05, 4.69) is 17.1 Å².